The Bertz CT molecular complexity index is 472. The minimum absolute atomic E-state index is 0.0545. The van der Waals surface area contributed by atoms with Crippen LogP contribution in [0.25, 0.3) is 0 Å². The van der Waals surface area contributed by atoms with Crippen molar-refractivity contribution in [3.05, 3.63) is 53.0 Å². The monoisotopic (exact) mass is 276 g/mol. The van der Waals surface area contributed by atoms with Gasteiger partial charge in [-0.15, -0.1) is 11.8 Å². The molecule has 0 aromatic heterocycles. The van der Waals surface area contributed by atoms with Crippen molar-refractivity contribution in [3.63, 3.8) is 0 Å². The van der Waals surface area contributed by atoms with Crippen LogP contribution in [0.3, 0.4) is 0 Å². The zero-order valence-corrected chi connectivity index (χ0v) is 12.5. The van der Waals surface area contributed by atoms with Gasteiger partial charge in [-0.1, -0.05) is 13.5 Å². The largest absolute Gasteiger partial charge is 0.489 e. The molecule has 19 heavy (non-hydrogen) atoms. The van der Waals surface area contributed by atoms with Gasteiger partial charge in [-0.05, 0) is 54.8 Å². The highest BCUT2D eigenvalue weighted by atomic mass is 32.2. The fourth-order valence-corrected chi connectivity index (χ4v) is 1.91. The van der Waals surface area contributed by atoms with Crippen molar-refractivity contribution >= 4 is 17.5 Å². The molecule has 0 heterocycles. The summed E-state index contributed by atoms with van der Waals surface area (Å²) in [6, 6.07) is 7.24. The van der Waals surface area contributed by atoms with Crippen molar-refractivity contribution in [2.45, 2.75) is 20.3 Å². The Balaban J connectivity index is 2.68. The van der Waals surface area contributed by atoms with Crippen LogP contribution in [-0.4, -0.2) is 18.6 Å². The summed E-state index contributed by atoms with van der Waals surface area (Å²) >= 11 is 1.53. The Labute approximate surface area is 119 Å². The maximum atomic E-state index is 12.0. The third kappa shape index (κ3) is 4.95. The molecule has 0 radical (unpaired) electrons. The molecule has 1 rings (SSSR count). The van der Waals surface area contributed by atoms with Crippen LogP contribution in [0.1, 0.15) is 30.6 Å². The van der Waals surface area contributed by atoms with Crippen molar-refractivity contribution < 1.29 is 9.53 Å². The van der Waals surface area contributed by atoms with Gasteiger partial charge in [0, 0.05) is 11.1 Å². The normalized spacial score (nSPS) is 11.2. The minimum Gasteiger partial charge on any atom is -0.489 e. The average Bonchev–Trinajstić information content (AvgIpc) is 2.44. The first-order valence-corrected chi connectivity index (χ1v) is 7.51. The first-order chi connectivity index (χ1) is 9.08. The Kier molecular flexibility index (Phi) is 6.43. The van der Waals surface area contributed by atoms with Gasteiger partial charge in [-0.3, -0.25) is 4.79 Å². The summed E-state index contributed by atoms with van der Waals surface area (Å²) in [5, 5.41) is 1.86. The van der Waals surface area contributed by atoms with Gasteiger partial charge in [0.05, 0.1) is 0 Å². The van der Waals surface area contributed by atoms with E-state index in [9.17, 15) is 4.79 Å². The summed E-state index contributed by atoms with van der Waals surface area (Å²) in [5.74, 6) is 0.816. The second-order valence-corrected chi connectivity index (χ2v) is 4.99. The molecule has 0 aliphatic carbocycles. The smallest absolute Gasteiger partial charge is 0.189 e. The fraction of sp³-hybridized carbons (Fsp3) is 0.312. The van der Waals surface area contributed by atoms with Crippen LogP contribution >= 0.6 is 11.8 Å². The lowest BCUT2D eigenvalue weighted by Crippen LogP contribution is -2.02. The summed E-state index contributed by atoms with van der Waals surface area (Å²) in [6.07, 6.45) is 2.85. The molecule has 1 aromatic carbocycles. The molecular weight excluding hydrogens is 256 g/mol. The van der Waals surface area contributed by atoms with E-state index in [1.807, 2.05) is 37.6 Å². The van der Waals surface area contributed by atoms with Crippen molar-refractivity contribution in [2.24, 2.45) is 0 Å². The van der Waals surface area contributed by atoms with Crippen LogP contribution in [0.15, 0.2) is 47.4 Å². The summed E-state index contributed by atoms with van der Waals surface area (Å²) in [4.78, 5) is 12.0. The maximum absolute atomic E-state index is 12.0. The number of rotatable bonds is 7. The Morgan fingerprint density at radius 2 is 2.00 bits per heavy atom. The zero-order valence-electron chi connectivity index (χ0n) is 11.7. The van der Waals surface area contributed by atoms with Crippen LogP contribution in [0.5, 0.6) is 5.75 Å². The van der Waals surface area contributed by atoms with Crippen LogP contribution < -0.4 is 4.74 Å². The first-order valence-electron chi connectivity index (χ1n) is 6.22. The van der Waals surface area contributed by atoms with Gasteiger partial charge >= 0.3 is 0 Å². The Hall–Kier alpha value is -1.48. The molecule has 0 spiro atoms. The average molecular weight is 276 g/mol. The molecule has 0 N–H and O–H groups in total. The van der Waals surface area contributed by atoms with E-state index < -0.39 is 0 Å². The van der Waals surface area contributed by atoms with E-state index in [2.05, 4.69) is 6.58 Å². The van der Waals surface area contributed by atoms with Crippen LogP contribution in [-0.2, 0) is 0 Å². The highest BCUT2D eigenvalue weighted by molar-refractivity contribution is 8.01. The molecule has 0 atom stereocenters. The maximum Gasteiger partial charge on any atom is 0.189 e. The number of benzene rings is 1. The number of allylic oxidation sites excluding steroid dienone is 1. The van der Waals surface area contributed by atoms with E-state index in [-0.39, 0.29) is 5.78 Å². The fourth-order valence-electron chi connectivity index (χ4n) is 1.45. The van der Waals surface area contributed by atoms with E-state index in [1.54, 1.807) is 12.1 Å². The van der Waals surface area contributed by atoms with Crippen molar-refractivity contribution in [1.29, 1.82) is 0 Å². The molecular formula is C16H20O2S. The molecule has 0 aliphatic rings. The predicted octanol–water partition coefficient (Wildman–Crippen LogP) is 4.48. The number of carbonyl (C=O) groups excluding carboxylic acids is 1. The highest BCUT2D eigenvalue weighted by Gasteiger charge is 2.07. The molecule has 0 bridgehead atoms. The van der Waals surface area contributed by atoms with E-state index in [1.165, 1.54) is 11.8 Å². The van der Waals surface area contributed by atoms with Gasteiger partial charge in [0.1, 0.15) is 12.4 Å². The third-order valence-electron chi connectivity index (χ3n) is 2.71. The number of ether oxygens (including phenoxy) is 1. The van der Waals surface area contributed by atoms with Crippen molar-refractivity contribution in [3.8, 4) is 5.75 Å². The minimum atomic E-state index is 0.0545. The van der Waals surface area contributed by atoms with Gasteiger partial charge in [0.2, 0.25) is 0 Å². The molecule has 3 heteroatoms. The first kappa shape index (κ1) is 15.6. The molecule has 102 valence electrons. The standard InChI is InChI=1S/C16H20O2S/c1-5-12(2)10-18-15-8-6-14(7-9-15)16(17)13(3)11-19-4/h6-9,11H,2,5,10H2,1,3-4H3/b13-11+. The Morgan fingerprint density at radius 1 is 1.37 bits per heavy atom. The second kappa shape index (κ2) is 7.85. The number of hydrogen-bond donors (Lipinski definition) is 0. The molecule has 2 nitrogen and oxygen atoms in total. The van der Waals surface area contributed by atoms with Crippen LogP contribution in [0, 0.1) is 0 Å². The third-order valence-corrected chi connectivity index (χ3v) is 3.30. The number of ketones is 1. The molecule has 0 saturated heterocycles. The molecule has 0 aliphatic heterocycles. The quantitative estimate of drug-likeness (QED) is 0.417. The lowest BCUT2D eigenvalue weighted by Gasteiger charge is -2.08. The molecule has 0 saturated carbocycles. The van der Waals surface area contributed by atoms with E-state index in [0.717, 1.165) is 23.3 Å². The Morgan fingerprint density at radius 3 is 2.53 bits per heavy atom. The van der Waals surface area contributed by atoms with Gasteiger partial charge in [-0.25, -0.2) is 0 Å². The van der Waals surface area contributed by atoms with Gasteiger partial charge in [-0.2, -0.15) is 0 Å². The van der Waals surface area contributed by atoms with Gasteiger partial charge in [0.25, 0.3) is 0 Å². The summed E-state index contributed by atoms with van der Waals surface area (Å²) in [6.45, 7) is 8.29. The molecule has 0 amide bonds. The highest BCUT2D eigenvalue weighted by Crippen LogP contribution is 2.17. The van der Waals surface area contributed by atoms with E-state index in [0.29, 0.717) is 12.2 Å². The summed E-state index contributed by atoms with van der Waals surface area (Å²) < 4.78 is 5.57. The van der Waals surface area contributed by atoms with Gasteiger partial charge < -0.3 is 4.74 Å². The predicted molar refractivity (Wildman–Crippen MR) is 83.0 cm³/mol. The lowest BCUT2D eigenvalue weighted by atomic mass is 10.1. The zero-order chi connectivity index (χ0) is 14.3. The van der Waals surface area contributed by atoms with Gasteiger partial charge in [0.15, 0.2) is 5.78 Å². The number of carbonyl (C=O) groups is 1. The van der Waals surface area contributed by atoms with E-state index in [4.69, 9.17) is 4.74 Å². The topological polar surface area (TPSA) is 26.3 Å². The van der Waals surface area contributed by atoms with Crippen LogP contribution in [0.4, 0.5) is 0 Å². The number of thioether (sulfide) groups is 1. The number of hydrogen-bond acceptors (Lipinski definition) is 3. The van der Waals surface area contributed by atoms with Crippen molar-refractivity contribution in [2.75, 3.05) is 12.9 Å². The summed E-state index contributed by atoms with van der Waals surface area (Å²) in [7, 11) is 0. The second-order valence-electron chi connectivity index (χ2n) is 4.28. The lowest BCUT2D eigenvalue weighted by molar-refractivity contribution is 0.103. The molecule has 1 aromatic rings. The van der Waals surface area contributed by atoms with Crippen molar-refractivity contribution in [1.82, 2.24) is 0 Å². The summed E-state index contributed by atoms with van der Waals surface area (Å²) in [5.41, 5.74) is 2.49. The SMILES string of the molecule is C=C(CC)COc1ccc(C(=O)/C(C)=C/SC)cc1. The molecule has 0 unspecified atom stereocenters. The van der Waals surface area contributed by atoms with Crippen LogP contribution in [0.2, 0.25) is 0 Å². The molecule has 0 fully saturated rings. The van der Waals surface area contributed by atoms with E-state index >= 15 is 0 Å². The number of Topliss-reactive ketones (excluding diaryl/α,β-unsaturated/α-hetero) is 1.